The first-order valence-electron chi connectivity index (χ1n) is 14.3. The molecule has 0 unspecified atom stereocenters. The summed E-state index contributed by atoms with van der Waals surface area (Å²) in [6, 6.07) is 13.5. The van der Waals surface area contributed by atoms with Crippen LogP contribution >= 0.6 is 0 Å². The molecule has 1 amide bonds. The molecule has 15 heteroatoms. The molecule has 0 atom stereocenters. The molecule has 4 heterocycles. The number of amides is 1. The van der Waals surface area contributed by atoms with Crippen molar-refractivity contribution in [3.8, 4) is 5.69 Å². The smallest absolute Gasteiger partial charge is 0.378 e. The molecule has 0 radical (unpaired) electrons. The lowest BCUT2D eigenvalue weighted by molar-refractivity contribution is -0.186. The van der Waals surface area contributed by atoms with E-state index in [4.69, 9.17) is 4.74 Å². The summed E-state index contributed by atoms with van der Waals surface area (Å²) in [7, 11) is -3.98. The number of carbonyl (C=O) groups excluding carboxylic acids is 1. The molecule has 6 rings (SSSR count). The van der Waals surface area contributed by atoms with Gasteiger partial charge in [-0.3, -0.25) is 9.59 Å². The summed E-state index contributed by atoms with van der Waals surface area (Å²) in [5.74, 6) is -1.94. The zero-order chi connectivity index (χ0) is 31.1. The van der Waals surface area contributed by atoms with Crippen molar-refractivity contribution in [3.63, 3.8) is 0 Å². The van der Waals surface area contributed by atoms with E-state index in [0.29, 0.717) is 72.5 Å². The van der Waals surface area contributed by atoms with Crippen LogP contribution in [-0.2, 0) is 32.5 Å². The Bertz CT molecular complexity index is 1700. The Hall–Kier alpha value is -3.95. The summed E-state index contributed by atoms with van der Waals surface area (Å²) in [6.07, 6.45) is -3.15. The fourth-order valence-corrected chi connectivity index (χ4v) is 7.34. The number of para-hydroxylation sites is 1. The molecule has 2 aromatic carbocycles. The normalized spacial score (nSPS) is 18.3. The van der Waals surface area contributed by atoms with E-state index in [1.165, 1.54) is 21.1 Å². The fraction of sp³-hybridized carbons (Fsp3) is 0.414. The molecule has 3 aliphatic heterocycles. The molecule has 3 aliphatic rings. The highest BCUT2D eigenvalue weighted by Crippen LogP contribution is 2.30. The van der Waals surface area contributed by atoms with Crippen molar-refractivity contribution < 1.29 is 31.1 Å². The Morgan fingerprint density at radius 3 is 2.25 bits per heavy atom. The number of nitrogens with zero attached hydrogens (tertiary/aromatic N) is 6. The van der Waals surface area contributed by atoms with Crippen molar-refractivity contribution >= 4 is 27.3 Å². The van der Waals surface area contributed by atoms with Gasteiger partial charge in [-0.05, 0) is 41.8 Å². The number of hydrogen-bond acceptors (Lipinski definition) is 8. The number of alkyl halides is 3. The molecule has 0 saturated carbocycles. The summed E-state index contributed by atoms with van der Waals surface area (Å²) in [5, 5.41) is 4.44. The summed E-state index contributed by atoms with van der Waals surface area (Å²) in [4.78, 5) is 30.1. The average Bonchev–Trinajstić information content (AvgIpc) is 3.04. The van der Waals surface area contributed by atoms with E-state index in [2.05, 4.69) is 5.10 Å². The van der Waals surface area contributed by atoms with Crippen LogP contribution in [0, 0.1) is 0 Å². The Morgan fingerprint density at radius 2 is 1.57 bits per heavy atom. The third-order valence-corrected chi connectivity index (χ3v) is 10.1. The first-order chi connectivity index (χ1) is 21.0. The van der Waals surface area contributed by atoms with Gasteiger partial charge in [0.15, 0.2) is 0 Å². The Balaban J connectivity index is 1.22. The number of benzene rings is 2. The van der Waals surface area contributed by atoms with E-state index in [9.17, 15) is 31.2 Å². The lowest BCUT2D eigenvalue weighted by Crippen LogP contribution is -2.50. The van der Waals surface area contributed by atoms with E-state index in [1.54, 1.807) is 24.4 Å². The summed E-state index contributed by atoms with van der Waals surface area (Å²) >= 11 is 0. The van der Waals surface area contributed by atoms with Crippen LogP contribution in [0.1, 0.15) is 11.1 Å². The van der Waals surface area contributed by atoms with Crippen molar-refractivity contribution in [2.75, 3.05) is 68.8 Å². The predicted molar refractivity (Wildman–Crippen MR) is 155 cm³/mol. The van der Waals surface area contributed by atoms with Gasteiger partial charge in [0.05, 0.1) is 35.7 Å². The lowest BCUT2D eigenvalue weighted by Gasteiger charge is -2.38. The molecule has 2 saturated heterocycles. The van der Waals surface area contributed by atoms with Crippen molar-refractivity contribution in [2.24, 2.45) is 0 Å². The van der Waals surface area contributed by atoms with E-state index in [0.717, 1.165) is 0 Å². The number of piperazine rings is 1. The molecule has 234 valence electrons. The number of carbonyl (C=O) groups is 1. The number of sulfonamides is 1. The number of rotatable bonds is 5. The van der Waals surface area contributed by atoms with Gasteiger partial charge in [-0.25, -0.2) is 8.42 Å². The minimum absolute atomic E-state index is 0.0351. The van der Waals surface area contributed by atoms with Crippen molar-refractivity contribution in [2.45, 2.75) is 24.0 Å². The zero-order valence-electron chi connectivity index (χ0n) is 23.7. The van der Waals surface area contributed by atoms with E-state index in [1.807, 2.05) is 28.0 Å². The quantitative estimate of drug-likeness (QED) is 0.421. The molecule has 3 aromatic rings. The number of ether oxygens (including phenoxy) is 1. The molecule has 0 aliphatic carbocycles. The summed E-state index contributed by atoms with van der Waals surface area (Å²) in [6.45, 7) is 2.46. The van der Waals surface area contributed by atoms with Crippen molar-refractivity contribution in [1.82, 2.24) is 19.0 Å². The highest BCUT2D eigenvalue weighted by atomic mass is 32.2. The fourth-order valence-electron chi connectivity index (χ4n) is 5.87. The molecule has 11 nitrogen and oxygen atoms in total. The van der Waals surface area contributed by atoms with Crippen LogP contribution < -0.4 is 15.4 Å². The van der Waals surface area contributed by atoms with Gasteiger partial charge in [0.2, 0.25) is 10.0 Å². The number of anilines is 2. The van der Waals surface area contributed by atoms with Crippen LogP contribution in [0.15, 0.2) is 64.4 Å². The molecule has 0 bridgehead atoms. The van der Waals surface area contributed by atoms with Crippen LogP contribution in [0.25, 0.3) is 5.69 Å². The molecule has 0 N–H and O–H groups in total. The topological polar surface area (TPSA) is 108 Å². The maximum Gasteiger partial charge on any atom is 0.471 e. The molecule has 44 heavy (non-hydrogen) atoms. The Morgan fingerprint density at radius 1 is 0.864 bits per heavy atom. The third kappa shape index (κ3) is 5.78. The maximum atomic E-state index is 13.8. The summed E-state index contributed by atoms with van der Waals surface area (Å²) in [5.41, 5.74) is 2.55. The van der Waals surface area contributed by atoms with Gasteiger partial charge < -0.3 is 19.4 Å². The van der Waals surface area contributed by atoms with Gasteiger partial charge in [0.25, 0.3) is 5.56 Å². The maximum absolute atomic E-state index is 13.8. The number of hydrogen-bond donors (Lipinski definition) is 0. The average molecular weight is 633 g/mol. The number of aromatic nitrogens is 2. The van der Waals surface area contributed by atoms with E-state index in [-0.39, 0.29) is 43.1 Å². The molecular weight excluding hydrogens is 601 g/mol. The van der Waals surface area contributed by atoms with Gasteiger partial charge in [0.1, 0.15) is 5.69 Å². The van der Waals surface area contributed by atoms with Gasteiger partial charge in [-0.2, -0.15) is 27.3 Å². The molecule has 1 aromatic heterocycles. The number of fused-ring (bicyclic) bond motifs is 1. The van der Waals surface area contributed by atoms with E-state index >= 15 is 0 Å². The summed E-state index contributed by atoms with van der Waals surface area (Å²) < 4.78 is 74.4. The van der Waals surface area contributed by atoms with E-state index < -0.39 is 22.1 Å². The highest BCUT2D eigenvalue weighted by molar-refractivity contribution is 7.89. The number of morpholine rings is 1. The van der Waals surface area contributed by atoms with Gasteiger partial charge in [-0.1, -0.05) is 24.3 Å². The van der Waals surface area contributed by atoms with Crippen LogP contribution in [-0.4, -0.2) is 98.5 Å². The first kappa shape index (κ1) is 30.1. The molecular formula is C29H31F3N6O5S. The molecule has 0 spiro atoms. The van der Waals surface area contributed by atoms with Crippen LogP contribution in [0.2, 0.25) is 0 Å². The first-order valence-corrected chi connectivity index (χ1v) is 15.7. The minimum Gasteiger partial charge on any atom is -0.378 e. The lowest BCUT2D eigenvalue weighted by atomic mass is 10.00. The highest BCUT2D eigenvalue weighted by Gasteiger charge is 2.43. The SMILES string of the molecule is O=C(N1CCc2ccc(S(=O)(=O)N3CCN(c4cnn(-c5ccccc5)c(=O)c4N4CCOCC4)CC3)cc2C1)C(F)(F)F. The van der Waals surface area contributed by atoms with Crippen molar-refractivity contribution in [1.29, 1.82) is 0 Å². The van der Waals surface area contributed by atoms with Crippen molar-refractivity contribution in [3.05, 3.63) is 76.2 Å². The third-order valence-electron chi connectivity index (χ3n) is 8.20. The standard InChI is InChI=1S/C29H31F3N6O5S/c30-29(31,32)28(40)36-9-8-21-6-7-24(18-22(21)20-36)44(41,42)37-12-10-34(11-13-37)25-19-33-38(23-4-2-1-3-5-23)27(39)26(25)35-14-16-43-17-15-35/h1-7,18-19H,8-17,20H2. The van der Waals surface area contributed by atoms with Crippen LogP contribution in [0.5, 0.6) is 0 Å². The second kappa shape index (κ2) is 11.9. The largest absolute Gasteiger partial charge is 0.471 e. The van der Waals surface area contributed by atoms with Crippen LogP contribution in [0.3, 0.4) is 0 Å². The monoisotopic (exact) mass is 632 g/mol. The Labute approximate surface area is 252 Å². The number of halogens is 3. The molecule has 2 fully saturated rings. The van der Waals surface area contributed by atoms with Gasteiger partial charge in [0, 0.05) is 52.4 Å². The van der Waals surface area contributed by atoms with Gasteiger partial charge >= 0.3 is 12.1 Å². The van der Waals surface area contributed by atoms with Crippen LogP contribution in [0.4, 0.5) is 24.5 Å². The second-order valence-corrected chi connectivity index (χ2v) is 12.8. The Kier molecular flexibility index (Phi) is 8.11. The van der Waals surface area contributed by atoms with Gasteiger partial charge in [-0.15, -0.1) is 0 Å². The predicted octanol–water partition coefficient (Wildman–Crippen LogP) is 2.03. The minimum atomic E-state index is -4.99. The zero-order valence-corrected chi connectivity index (χ0v) is 24.6. The second-order valence-electron chi connectivity index (χ2n) is 10.8.